The molecule has 0 saturated carbocycles. The number of hydrogen-bond acceptors (Lipinski definition) is 3. The van der Waals surface area contributed by atoms with E-state index in [1.165, 1.54) is 6.33 Å². The van der Waals surface area contributed by atoms with Crippen LogP contribution in [0.15, 0.2) is 24.5 Å². The highest BCUT2D eigenvalue weighted by Crippen LogP contribution is 2.26. The van der Waals surface area contributed by atoms with Crippen molar-refractivity contribution in [2.24, 2.45) is 0 Å². The van der Waals surface area contributed by atoms with Gasteiger partial charge >= 0.3 is 6.03 Å². The third-order valence-electron chi connectivity index (χ3n) is 3.46. The average Bonchev–Trinajstić information content (AvgIpc) is 3.04. The second-order valence-electron chi connectivity index (χ2n) is 5.32. The summed E-state index contributed by atoms with van der Waals surface area (Å²) in [5.74, 6) is 0.462. The molecule has 1 aromatic heterocycles. The summed E-state index contributed by atoms with van der Waals surface area (Å²) in [4.78, 5) is 18.1. The molecule has 0 aliphatic carbocycles. The molecule has 2 amide bonds. The highest BCUT2D eigenvalue weighted by atomic mass is 35.5. The van der Waals surface area contributed by atoms with Crippen LogP contribution in [-0.2, 0) is 13.1 Å². The maximum absolute atomic E-state index is 12.3. The van der Waals surface area contributed by atoms with Gasteiger partial charge in [0.1, 0.15) is 6.33 Å². The predicted octanol–water partition coefficient (Wildman–Crippen LogP) is 3.06. The number of carbonyl (C=O) groups excluding carboxylic acids is 1. The normalized spacial score (nSPS) is 13.6. The van der Waals surface area contributed by atoms with E-state index in [-0.39, 0.29) is 12.1 Å². The quantitative estimate of drug-likeness (QED) is 0.927. The maximum atomic E-state index is 12.3. The molecule has 3 rings (SSSR count). The van der Waals surface area contributed by atoms with Crippen molar-refractivity contribution in [2.75, 3.05) is 5.32 Å². The highest BCUT2D eigenvalue weighted by molar-refractivity contribution is 6.30. The second-order valence-corrected chi connectivity index (χ2v) is 5.76. The van der Waals surface area contributed by atoms with Crippen LogP contribution in [0, 0.1) is 0 Å². The molecule has 0 bridgehead atoms. The minimum Gasteiger partial charge on any atom is -0.316 e. The molecule has 1 aliphatic heterocycles. The van der Waals surface area contributed by atoms with Crippen LogP contribution in [0.2, 0.25) is 5.02 Å². The number of nitrogens with zero attached hydrogens (tertiary/aromatic N) is 4. The lowest BCUT2D eigenvalue weighted by Gasteiger charge is -2.17. The lowest BCUT2D eigenvalue weighted by Crippen LogP contribution is -2.31. The van der Waals surface area contributed by atoms with Crippen molar-refractivity contribution >= 4 is 23.6 Å². The largest absolute Gasteiger partial charge is 0.324 e. The summed E-state index contributed by atoms with van der Waals surface area (Å²) in [6.07, 6.45) is 1.44. The molecule has 0 saturated heterocycles. The Bertz CT molecular complexity index is 682. The first-order valence-corrected chi connectivity index (χ1v) is 7.15. The molecule has 0 radical (unpaired) electrons. The van der Waals surface area contributed by atoms with Gasteiger partial charge in [0, 0.05) is 18.1 Å². The van der Waals surface area contributed by atoms with E-state index in [2.05, 4.69) is 15.4 Å². The van der Waals surface area contributed by atoms with Gasteiger partial charge in [-0.25, -0.2) is 9.48 Å². The van der Waals surface area contributed by atoms with Crippen molar-refractivity contribution < 1.29 is 4.79 Å². The van der Waals surface area contributed by atoms with Gasteiger partial charge in [0.15, 0.2) is 0 Å². The van der Waals surface area contributed by atoms with E-state index in [1.807, 2.05) is 32.0 Å². The lowest BCUT2D eigenvalue weighted by atomic mass is 10.1. The van der Waals surface area contributed by atoms with E-state index in [9.17, 15) is 4.79 Å². The first kappa shape index (κ1) is 13.9. The smallest absolute Gasteiger partial charge is 0.316 e. The van der Waals surface area contributed by atoms with Gasteiger partial charge in [0.2, 0.25) is 5.95 Å². The van der Waals surface area contributed by atoms with Crippen LogP contribution in [0.3, 0.4) is 0 Å². The number of benzene rings is 1. The average molecular weight is 306 g/mol. The van der Waals surface area contributed by atoms with Crippen LogP contribution < -0.4 is 5.32 Å². The number of amides is 2. The van der Waals surface area contributed by atoms with Gasteiger partial charge in [-0.15, -0.1) is 0 Å². The summed E-state index contributed by atoms with van der Waals surface area (Å²) in [7, 11) is 0. The minimum absolute atomic E-state index is 0.136. The Morgan fingerprint density at radius 2 is 2.10 bits per heavy atom. The second kappa shape index (κ2) is 5.37. The number of aromatic nitrogens is 3. The molecule has 1 aliphatic rings. The van der Waals surface area contributed by atoms with Crippen molar-refractivity contribution in [3.8, 4) is 0 Å². The molecule has 7 heteroatoms. The van der Waals surface area contributed by atoms with Crippen molar-refractivity contribution in [2.45, 2.75) is 33.0 Å². The van der Waals surface area contributed by atoms with Crippen molar-refractivity contribution in [1.82, 2.24) is 19.7 Å². The van der Waals surface area contributed by atoms with Gasteiger partial charge in [-0.2, -0.15) is 10.1 Å². The topological polar surface area (TPSA) is 63.1 Å². The summed E-state index contributed by atoms with van der Waals surface area (Å²) in [6.45, 7) is 5.10. The molecule has 2 aromatic rings. The first-order valence-electron chi connectivity index (χ1n) is 6.77. The molecule has 0 atom stereocenters. The standard InChI is InChI=1S/C14H16ClN5O/c1-9(2)20-13(16-8-17-20)18-14(21)19-6-10-3-4-12(15)5-11(10)7-19/h3-5,8-9H,6-7H2,1-2H3,(H,16,17,18,21). The number of carbonyl (C=O) groups is 1. The number of rotatable bonds is 2. The van der Waals surface area contributed by atoms with E-state index in [1.54, 1.807) is 9.58 Å². The maximum Gasteiger partial charge on any atom is 0.324 e. The third-order valence-corrected chi connectivity index (χ3v) is 3.69. The third kappa shape index (κ3) is 2.71. The summed E-state index contributed by atoms with van der Waals surface area (Å²) >= 11 is 5.98. The molecule has 0 fully saturated rings. The fourth-order valence-corrected chi connectivity index (χ4v) is 2.59. The number of halogens is 1. The zero-order chi connectivity index (χ0) is 15.0. The highest BCUT2D eigenvalue weighted by Gasteiger charge is 2.24. The number of urea groups is 1. The molecule has 110 valence electrons. The molecule has 21 heavy (non-hydrogen) atoms. The van der Waals surface area contributed by atoms with Gasteiger partial charge in [-0.1, -0.05) is 17.7 Å². The van der Waals surface area contributed by atoms with Crippen molar-refractivity contribution in [3.63, 3.8) is 0 Å². The van der Waals surface area contributed by atoms with E-state index in [0.29, 0.717) is 24.1 Å². The Balaban J connectivity index is 1.72. The van der Waals surface area contributed by atoms with Gasteiger partial charge in [0.25, 0.3) is 0 Å². The monoisotopic (exact) mass is 305 g/mol. The molecule has 0 unspecified atom stereocenters. The van der Waals surface area contributed by atoms with Crippen molar-refractivity contribution in [1.29, 1.82) is 0 Å². The Morgan fingerprint density at radius 1 is 1.33 bits per heavy atom. The molecule has 0 spiro atoms. The molecule has 1 aromatic carbocycles. The van der Waals surface area contributed by atoms with Gasteiger partial charge in [-0.3, -0.25) is 5.32 Å². The number of anilines is 1. The summed E-state index contributed by atoms with van der Waals surface area (Å²) < 4.78 is 1.68. The van der Waals surface area contributed by atoms with E-state index >= 15 is 0 Å². The SMILES string of the molecule is CC(C)n1ncnc1NC(=O)N1Cc2ccc(Cl)cc2C1. The molecule has 6 nitrogen and oxygen atoms in total. The predicted molar refractivity (Wildman–Crippen MR) is 80.1 cm³/mol. The van der Waals surface area contributed by atoms with Gasteiger partial charge in [-0.05, 0) is 37.1 Å². The van der Waals surface area contributed by atoms with Gasteiger partial charge in [0.05, 0.1) is 6.04 Å². The number of fused-ring (bicyclic) bond motifs is 1. The van der Waals surface area contributed by atoms with Crippen LogP contribution in [0.25, 0.3) is 0 Å². The fraction of sp³-hybridized carbons (Fsp3) is 0.357. The first-order chi connectivity index (χ1) is 10.0. The lowest BCUT2D eigenvalue weighted by molar-refractivity contribution is 0.212. The van der Waals surface area contributed by atoms with Crippen LogP contribution >= 0.6 is 11.6 Å². The molecule has 2 heterocycles. The Hall–Kier alpha value is -2.08. The zero-order valence-electron chi connectivity index (χ0n) is 11.9. The Morgan fingerprint density at radius 3 is 2.86 bits per heavy atom. The van der Waals surface area contributed by atoms with Gasteiger partial charge < -0.3 is 4.90 Å². The number of nitrogens with one attached hydrogen (secondary N) is 1. The fourth-order valence-electron chi connectivity index (χ4n) is 2.40. The van der Waals surface area contributed by atoms with Crippen molar-refractivity contribution in [3.05, 3.63) is 40.7 Å². The Labute approximate surface area is 127 Å². The van der Waals surface area contributed by atoms with E-state index < -0.39 is 0 Å². The minimum atomic E-state index is -0.183. The van der Waals surface area contributed by atoms with E-state index in [0.717, 1.165) is 11.1 Å². The van der Waals surface area contributed by atoms with Crippen LogP contribution in [0.1, 0.15) is 31.0 Å². The van der Waals surface area contributed by atoms with Crippen LogP contribution in [0.5, 0.6) is 0 Å². The van der Waals surface area contributed by atoms with Crippen LogP contribution in [0.4, 0.5) is 10.7 Å². The number of hydrogen-bond donors (Lipinski definition) is 1. The zero-order valence-corrected chi connectivity index (χ0v) is 12.6. The Kier molecular flexibility index (Phi) is 3.55. The van der Waals surface area contributed by atoms with Crippen LogP contribution in [-0.4, -0.2) is 25.7 Å². The summed E-state index contributed by atoms with van der Waals surface area (Å²) in [5.41, 5.74) is 2.21. The molecule has 1 N–H and O–H groups in total. The van der Waals surface area contributed by atoms with E-state index in [4.69, 9.17) is 11.6 Å². The summed E-state index contributed by atoms with van der Waals surface area (Å²) in [6, 6.07) is 5.66. The molecular weight excluding hydrogens is 290 g/mol. The molecular formula is C14H16ClN5O. The summed E-state index contributed by atoms with van der Waals surface area (Å²) in [5, 5.41) is 7.60.